The van der Waals surface area contributed by atoms with Gasteiger partial charge in [-0.3, -0.25) is 4.99 Å². The second-order valence-corrected chi connectivity index (χ2v) is 9.04. The first-order valence-corrected chi connectivity index (χ1v) is 11.8. The predicted octanol–water partition coefficient (Wildman–Crippen LogP) is 7.94. The molecule has 0 fully saturated rings. The van der Waals surface area contributed by atoms with Crippen molar-refractivity contribution in [2.75, 3.05) is 11.1 Å². The molecule has 32 heavy (non-hydrogen) atoms. The molecule has 0 saturated heterocycles. The number of halogens is 2. The zero-order chi connectivity index (χ0) is 21.2. The van der Waals surface area contributed by atoms with Gasteiger partial charge in [0.05, 0.1) is 17.3 Å². The highest BCUT2D eigenvalue weighted by atomic mass is 35.5. The molecule has 1 aliphatic rings. The molecular weight excluding hydrogens is 457 g/mol. The molecule has 0 radical (unpaired) electrons. The molecule has 0 aliphatic carbocycles. The predicted molar refractivity (Wildman–Crippen MR) is 142 cm³/mol. The number of amidine groups is 1. The van der Waals surface area contributed by atoms with Gasteiger partial charge in [0.1, 0.15) is 0 Å². The lowest BCUT2D eigenvalue weighted by atomic mass is 9.98. The Morgan fingerprint density at radius 3 is 2.47 bits per heavy atom. The average molecular weight is 480 g/mol. The molecule has 1 atom stereocenters. The second kappa shape index (κ2) is 9.95. The molecule has 0 amide bonds. The van der Waals surface area contributed by atoms with Gasteiger partial charge in [0, 0.05) is 27.4 Å². The van der Waals surface area contributed by atoms with Crippen LogP contribution < -0.4 is 5.32 Å². The first kappa shape index (κ1) is 22.7. The number of hydrogen-bond acceptors (Lipinski definition) is 4. The number of hydrogen-bond donors (Lipinski definition) is 1. The van der Waals surface area contributed by atoms with E-state index in [2.05, 4.69) is 66.8 Å². The lowest BCUT2D eigenvalue weighted by Gasteiger charge is -2.12. The SMILES string of the molecule is CCC1CSC(Nc2ccc(-c3cc(-c4ccccc4)c4cc(Cl)ccc4n3)cc2)=N1.Cl. The van der Waals surface area contributed by atoms with Gasteiger partial charge < -0.3 is 5.32 Å². The monoisotopic (exact) mass is 479 g/mol. The van der Waals surface area contributed by atoms with Crippen molar-refractivity contribution in [1.82, 2.24) is 4.98 Å². The fraction of sp³-hybridized carbons (Fsp3) is 0.154. The maximum absolute atomic E-state index is 6.29. The molecule has 0 bridgehead atoms. The average Bonchev–Trinajstić information content (AvgIpc) is 3.27. The molecule has 4 aromatic rings. The van der Waals surface area contributed by atoms with Gasteiger partial charge in [-0.25, -0.2) is 4.98 Å². The quantitative estimate of drug-likeness (QED) is 0.322. The molecule has 1 N–H and O–H groups in total. The van der Waals surface area contributed by atoms with Crippen LogP contribution in [0.5, 0.6) is 0 Å². The number of pyridine rings is 1. The molecule has 5 rings (SSSR count). The van der Waals surface area contributed by atoms with Crippen LogP contribution in [0.4, 0.5) is 5.69 Å². The van der Waals surface area contributed by atoms with Crippen LogP contribution >= 0.6 is 35.8 Å². The smallest absolute Gasteiger partial charge is 0.161 e. The largest absolute Gasteiger partial charge is 0.335 e. The Labute approximate surface area is 203 Å². The summed E-state index contributed by atoms with van der Waals surface area (Å²) in [5.74, 6) is 1.06. The van der Waals surface area contributed by atoms with Gasteiger partial charge >= 0.3 is 0 Å². The van der Waals surface area contributed by atoms with E-state index in [-0.39, 0.29) is 12.4 Å². The van der Waals surface area contributed by atoms with Crippen molar-refractivity contribution >= 4 is 57.5 Å². The first-order valence-electron chi connectivity index (χ1n) is 10.4. The minimum absolute atomic E-state index is 0. The van der Waals surface area contributed by atoms with Crippen LogP contribution in [0.2, 0.25) is 5.02 Å². The van der Waals surface area contributed by atoms with Crippen LogP contribution in [0.1, 0.15) is 13.3 Å². The number of aliphatic imine (C=N–C) groups is 1. The Morgan fingerprint density at radius 1 is 0.969 bits per heavy atom. The van der Waals surface area contributed by atoms with Gasteiger partial charge in [-0.15, -0.1) is 12.4 Å². The Hall–Kier alpha value is -2.53. The number of nitrogens with one attached hydrogen (secondary N) is 1. The highest BCUT2D eigenvalue weighted by Gasteiger charge is 2.16. The van der Waals surface area contributed by atoms with E-state index in [1.54, 1.807) is 11.8 Å². The van der Waals surface area contributed by atoms with E-state index < -0.39 is 0 Å². The topological polar surface area (TPSA) is 37.3 Å². The van der Waals surface area contributed by atoms with Gasteiger partial charge in [-0.2, -0.15) is 0 Å². The zero-order valence-corrected chi connectivity index (χ0v) is 20.0. The number of rotatable bonds is 4. The van der Waals surface area contributed by atoms with E-state index in [0.29, 0.717) is 11.1 Å². The third kappa shape index (κ3) is 4.78. The van der Waals surface area contributed by atoms with E-state index in [1.165, 1.54) is 0 Å². The van der Waals surface area contributed by atoms with E-state index in [0.717, 1.165) is 56.3 Å². The van der Waals surface area contributed by atoms with Crippen molar-refractivity contribution in [3.63, 3.8) is 0 Å². The van der Waals surface area contributed by atoms with Crippen molar-refractivity contribution in [2.45, 2.75) is 19.4 Å². The van der Waals surface area contributed by atoms with Crippen molar-refractivity contribution in [2.24, 2.45) is 4.99 Å². The summed E-state index contributed by atoms with van der Waals surface area (Å²) in [5, 5.41) is 6.21. The van der Waals surface area contributed by atoms with E-state index >= 15 is 0 Å². The molecule has 6 heteroatoms. The molecule has 162 valence electrons. The van der Waals surface area contributed by atoms with Crippen molar-refractivity contribution in [1.29, 1.82) is 0 Å². The van der Waals surface area contributed by atoms with Gasteiger partial charge in [0.2, 0.25) is 0 Å². The van der Waals surface area contributed by atoms with Crippen molar-refractivity contribution < 1.29 is 0 Å². The molecule has 2 heterocycles. The normalized spacial score (nSPS) is 15.3. The molecule has 0 spiro atoms. The lowest BCUT2D eigenvalue weighted by molar-refractivity contribution is 0.738. The number of benzene rings is 3. The number of nitrogens with zero attached hydrogens (tertiary/aromatic N) is 2. The fourth-order valence-electron chi connectivity index (χ4n) is 3.74. The van der Waals surface area contributed by atoms with Crippen molar-refractivity contribution in [3.05, 3.63) is 83.9 Å². The summed E-state index contributed by atoms with van der Waals surface area (Å²) in [5.41, 5.74) is 6.28. The van der Waals surface area contributed by atoms with Gasteiger partial charge in [-0.1, -0.05) is 72.8 Å². The van der Waals surface area contributed by atoms with E-state index in [9.17, 15) is 0 Å². The highest BCUT2D eigenvalue weighted by molar-refractivity contribution is 8.14. The second-order valence-electron chi connectivity index (χ2n) is 7.59. The van der Waals surface area contributed by atoms with Crippen LogP contribution in [0.3, 0.4) is 0 Å². The van der Waals surface area contributed by atoms with Crippen LogP contribution in [0.15, 0.2) is 83.9 Å². The minimum atomic E-state index is 0. The Kier molecular flexibility index (Phi) is 7.04. The summed E-state index contributed by atoms with van der Waals surface area (Å²) in [6, 6.07) is 27.2. The molecule has 3 aromatic carbocycles. The molecule has 1 aromatic heterocycles. The third-order valence-electron chi connectivity index (χ3n) is 5.47. The lowest BCUT2D eigenvalue weighted by Crippen LogP contribution is -2.05. The van der Waals surface area contributed by atoms with Crippen LogP contribution in [-0.2, 0) is 0 Å². The maximum Gasteiger partial charge on any atom is 0.161 e. The third-order valence-corrected chi connectivity index (χ3v) is 6.74. The zero-order valence-electron chi connectivity index (χ0n) is 17.6. The first-order chi connectivity index (χ1) is 15.2. The van der Waals surface area contributed by atoms with Gasteiger partial charge in [-0.05, 0) is 53.9 Å². The van der Waals surface area contributed by atoms with Crippen LogP contribution in [-0.4, -0.2) is 21.9 Å². The molecule has 0 saturated carbocycles. The number of thioether (sulfide) groups is 1. The van der Waals surface area contributed by atoms with Crippen LogP contribution in [0.25, 0.3) is 33.3 Å². The Morgan fingerprint density at radius 2 is 1.75 bits per heavy atom. The number of aromatic nitrogens is 1. The highest BCUT2D eigenvalue weighted by Crippen LogP contribution is 2.34. The summed E-state index contributed by atoms with van der Waals surface area (Å²) in [6.45, 7) is 2.18. The summed E-state index contributed by atoms with van der Waals surface area (Å²) in [6.07, 6.45) is 1.08. The van der Waals surface area contributed by atoms with E-state index in [1.807, 2.05) is 24.3 Å². The standard InChI is InChI=1S/C26H22ClN3S.ClH/c1-2-20-16-31-26(28-20)29-21-11-8-18(9-12-21)25-15-22(17-6-4-3-5-7-17)23-14-19(27)10-13-24(23)30-25;/h3-15,20H,2,16H2,1H3,(H,28,29);1H. The fourth-order valence-corrected chi connectivity index (χ4v) is 4.99. The minimum Gasteiger partial charge on any atom is -0.335 e. The molecule has 1 unspecified atom stereocenters. The van der Waals surface area contributed by atoms with Crippen LogP contribution in [0, 0.1) is 0 Å². The molecule has 3 nitrogen and oxygen atoms in total. The maximum atomic E-state index is 6.29. The summed E-state index contributed by atoms with van der Waals surface area (Å²) < 4.78 is 0. The summed E-state index contributed by atoms with van der Waals surface area (Å²) in [7, 11) is 0. The van der Waals surface area contributed by atoms with Crippen molar-refractivity contribution in [3.8, 4) is 22.4 Å². The Balaban J connectivity index is 0.00000245. The number of fused-ring (bicyclic) bond motifs is 1. The summed E-state index contributed by atoms with van der Waals surface area (Å²) >= 11 is 8.08. The molecular formula is C26H23Cl2N3S. The van der Waals surface area contributed by atoms with Gasteiger partial charge in [0.25, 0.3) is 0 Å². The molecule has 1 aliphatic heterocycles. The Bertz CT molecular complexity index is 1260. The summed E-state index contributed by atoms with van der Waals surface area (Å²) in [4.78, 5) is 9.63. The van der Waals surface area contributed by atoms with Gasteiger partial charge in [0.15, 0.2) is 5.17 Å². The van der Waals surface area contributed by atoms with E-state index in [4.69, 9.17) is 21.6 Å². The number of anilines is 1.